The van der Waals surface area contributed by atoms with Gasteiger partial charge in [0.05, 0.1) is 10.7 Å². The Labute approximate surface area is 105 Å². The Morgan fingerprint density at radius 3 is 2.88 bits per heavy atom. The van der Waals surface area contributed by atoms with E-state index in [1.54, 1.807) is 25.4 Å². The van der Waals surface area contributed by atoms with Crippen LogP contribution in [-0.2, 0) is 7.05 Å². The molecule has 7 heteroatoms. The molecule has 84 valence electrons. The Hall–Kier alpha value is -0.980. The summed E-state index contributed by atoms with van der Waals surface area (Å²) in [7, 11) is 1.69. The number of nitrogens with zero attached hydrogens (tertiary/aromatic N) is 4. The number of aliphatic hydroxyl groups excluding tert-OH is 1. The molecular weight excluding hydrogens is 295 g/mol. The summed E-state index contributed by atoms with van der Waals surface area (Å²) in [4.78, 5) is 4.04. The minimum absolute atomic E-state index is 0.385. The number of aromatic nitrogens is 4. The van der Waals surface area contributed by atoms with E-state index >= 15 is 0 Å². The van der Waals surface area contributed by atoms with E-state index in [2.05, 4.69) is 31.2 Å². The molecule has 0 spiro atoms. The fraction of sp³-hybridized carbons (Fsp3) is 0.222. The minimum Gasteiger partial charge on any atom is -0.380 e. The molecule has 16 heavy (non-hydrogen) atoms. The number of aliphatic hydroxyl groups is 1. The van der Waals surface area contributed by atoms with Crippen molar-refractivity contribution >= 4 is 27.5 Å². The smallest absolute Gasteiger partial charge is 0.154 e. The Bertz CT molecular complexity index is 496. The summed E-state index contributed by atoms with van der Waals surface area (Å²) < 4.78 is 1.95. The molecule has 0 aliphatic rings. The molecule has 0 fully saturated rings. The first kappa shape index (κ1) is 11.5. The van der Waals surface area contributed by atoms with Gasteiger partial charge >= 0.3 is 0 Å². The first-order valence-corrected chi connectivity index (χ1v) is 5.62. The number of rotatable bonds is 2. The molecule has 0 bridgehead atoms. The average molecular weight is 304 g/mol. The molecule has 0 saturated carbocycles. The van der Waals surface area contributed by atoms with Gasteiger partial charge in [-0.2, -0.15) is 0 Å². The molecule has 0 aliphatic carbocycles. The van der Waals surface area contributed by atoms with E-state index in [1.165, 1.54) is 4.68 Å². The lowest BCUT2D eigenvalue weighted by Gasteiger charge is -2.11. The van der Waals surface area contributed by atoms with E-state index in [4.69, 9.17) is 11.6 Å². The number of pyridine rings is 1. The maximum atomic E-state index is 10.1. The predicted octanol–water partition coefficient (Wildman–Crippen LogP) is 1.71. The molecule has 2 heterocycles. The molecule has 0 amide bonds. The number of halogens is 2. The van der Waals surface area contributed by atoms with Gasteiger partial charge in [0.2, 0.25) is 0 Å². The normalized spacial score (nSPS) is 12.8. The van der Waals surface area contributed by atoms with Gasteiger partial charge in [0.25, 0.3) is 0 Å². The number of hydrogen-bond donors (Lipinski definition) is 1. The van der Waals surface area contributed by atoms with Crippen molar-refractivity contribution in [3.05, 3.63) is 39.3 Å². The highest BCUT2D eigenvalue weighted by atomic mass is 79.9. The van der Waals surface area contributed by atoms with Crippen LogP contribution in [0.15, 0.2) is 22.9 Å². The van der Waals surface area contributed by atoms with Gasteiger partial charge in [-0.25, -0.2) is 4.68 Å². The third-order valence-electron chi connectivity index (χ3n) is 2.13. The van der Waals surface area contributed by atoms with Crippen molar-refractivity contribution in [1.29, 1.82) is 0 Å². The van der Waals surface area contributed by atoms with Crippen LogP contribution in [0.25, 0.3) is 0 Å². The van der Waals surface area contributed by atoms with Crippen molar-refractivity contribution < 1.29 is 5.11 Å². The summed E-state index contributed by atoms with van der Waals surface area (Å²) in [6, 6.07) is 3.37. The SMILES string of the molecule is Cn1nnc(Br)c1C(O)c1ncccc1Cl. The molecule has 1 N–H and O–H groups in total. The van der Waals surface area contributed by atoms with Crippen molar-refractivity contribution in [3.8, 4) is 0 Å². The zero-order chi connectivity index (χ0) is 11.7. The van der Waals surface area contributed by atoms with Crippen LogP contribution >= 0.6 is 27.5 Å². The summed E-state index contributed by atoms with van der Waals surface area (Å²) in [5, 5.41) is 18.1. The van der Waals surface area contributed by atoms with Crippen molar-refractivity contribution in [2.24, 2.45) is 7.05 Å². The van der Waals surface area contributed by atoms with Crippen LogP contribution in [0.5, 0.6) is 0 Å². The molecule has 5 nitrogen and oxygen atoms in total. The molecule has 0 saturated heterocycles. The highest BCUT2D eigenvalue weighted by molar-refractivity contribution is 9.10. The van der Waals surface area contributed by atoms with Gasteiger partial charge in [0.15, 0.2) is 4.60 Å². The zero-order valence-corrected chi connectivity index (χ0v) is 10.6. The maximum Gasteiger partial charge on any atom is 0.154 e. The first-order valence-electron chi connectivity index (χ1n) is 4.45. The minimum atomic E-state index is -0.955. The molecule has 2 rings (SSSR count). The predicted molar refractivity (Wildman–Crippen MR) is 62.0 cm³/mol. The lowest BCUT2D eigenvalue weighted by Crippen LogP contribution is -2.09. The molecule has 0 aromatic carbocycles. The van der Waals surface area contributed by atoms with Crippen molar-refractivity contribution in [3.63, 3.8) is 0 Å². The fourth-order valence-corrected chi connectivity index (χ4v) is 2.13. The van der Waals surface area contributed by atoms with Crippen LogP contribution in [0, 0.1) is 0 Å². The molecular formula is C9H8BrClN4O. The Balaban J connectivity index is 2.47. The van der Waals surface area contributed by atoms with Crippen LogP contribution in [0.3, 0.4) is 0 Å². The van der Waals surface area contributed by atoms with Crippen LogP contribution < -0.4 is 0 Å². The summed E-state index contributed by atoms with van der Waals surface area (Å²) in [6.45, 7) is 0. The lowest BCUT2D eigenvalue weighted by molar-refractivity contribution is 0.204. The Morgan fingerprint density at radius 2 is 2.31 bits per heavy atom. The molecule has 1 unspecified atom stereocenters. The monoisotopic (exact) mass is 302 g/mol. The largest absolute Gasteiger partial charge is 0.380 e. The second kappa shape index (κ2) is 4.48. The quantitative estimate of drug-likeness (QED) is 0.917. The fourth-order valence-electron chi connectivity index (χ4n) is 1.36. The average Bonchev–Trinajstić information content (AvgIpc) is 2.58. The highest BCUT2D eigenvalue weighted by Gasteiger charge is 2.22. The Morgan fingerprint density at radius 1 is 1.56 bits per heavy atom. The van der Waals surface area contributed by atoms with E-state index in [0.29, 0.717) is 21.0 Å². The Kier molecular flexibility index (Phi) is 3.22. The second-order valence-corrected chi connectivity index (χ2v) is 4.32. The van der Waals surface area contributed by atoms with Crippen LogP contribution in [0.2, 0.25) is 5.02 Å². The van der Waals surface area contributed by atoms with Crippen LogP contribution in [0.4, 0.5) is 0 Å². The molecule has 0 aliphatic heterocycles. The molecule has 0 radical (unpaired) electrons. The van der Waals surface area contributed by atoms with E-state index in [9.17, 15) is 5.11 Å². The van der Waals surface area contributed by atoms with Gasteiger partial charge in [-0.05, 0) is 28.1 Å². The van der Waals surface area contributed by atoms with Gasteiger partial charge in [0, 0.05) is 13.2 Å². The van der Waals surface area contributed by atoms with Crippen molar-refractivity contribution in [2.45, 2.75) is 6.10 Å². The maximum absolute atomic E-state index is 10.1. The first-order chi connectivity index (χ1) is 7.61. The van der Waals surface area contributed by atoms with Gasteiger partial charge in [0.1, 0.15) is 11.8 Å². The van der Waals surface area contributed by atoms with Gasteiger partial charge < -0.3 is 5.11 Å². The van der Waals surface area contributed by atoms with Gasteiger partial charge in [-0.1, -0.05) is 16.8 Å². The highest BCUT2D eigenvalue weighted by Crippen LogP contribution is 2.29. The topological polar surface area (TPSA) is 63.8 Å². The van der Waals surface area contributed by atoms with E-state index in [1.807, 2.05) is 0 Å². The van der Waals surface area contributed by atoms with Crippen molar-refractivity contribution in [1.82, 2.24) is 20.0 Å². The van der Waals surface area contributed by atoms with E-state index < -0.39 is 6.10 Å². The molecule has 1 atom stereocenters. The van der Waals surface area contributed by atoms with Gasteiger partial charge in [-0.15, -0.1) is 5.10 Å². The van der Waals surface area contributed by atoms with E-state index in [-0.39, 0.29) is 0 Å². The summed E-state index contributed by atoms with van der Waals surface area (Å²) >= 11 is 9.17. The second-order valence-electron chi connectivity index (χ2n) is 3.16. The number of aryl methyl sites for hydroxylation is 1. The lowest BCUT2D eigenvalue weighted by atomic mass is 10.2. The van der Waals surface area contributed by atoms with Gasteiger partial charge in [-0.3, -0.25) is 4.98 Å². The van der Waals surface area contributed by atoms with Crippen LogP contribution in [-0.4, -0.2) is 25.1 Å². The summed E-state index contributed by atoms with van der Waals surface area (Å²) in [6.07, 6.45) is 0.616. The summed E-state index contributed by atoms with van der Waals surface area (Å²) in [5.74, 6) is 0. The molecule has 2 aromatic heterocycles. The molecule has 2 aromatic rings. The standard InChI is InChI=1S/C9H8BrClN4O/c1-15-7(9(10)13-14-15)8(16)6-5(11)3-2-4-12-6/h2-4,8,16H,1H3. The summed E-state index contributed by atoms with van der Waals surface area (Å²) in [5.41, 5.74) is 0.899. The van der Waals surface area contributed by atoms with Crippen LogP contribution in [0.1, 0.15) is 17.5 Å². The zero-order valence-electron chi connectivity index (χ0n) is 8.30. The van der Waals surface area contributed by atoms with Crippen molar-refractivity contribution in [2.75, 3.05) is 0 Å². The third-order valence-corrected chi connectivity index (χ3v) is 3.02. The number of hydrogen-bond acceptors (Lipinski definition) is 4. The van der Waals surface area contributed by atoms with E-state index in [0.717, 1.165) is 0 Å². The third kappa shape index (κ3) is 1.95.